The summed E-state index contributed by atoms with van der Waals surface area (Å²) in [5, 5.41) is 14.7. The van der Waals surface area contributed by atoms with E-state index in [1.54, 1.807) is 48.0 Å². The number of hydrogen-bond acceptors (Lipinski definition) is 8. The molecule has 156 valence electrons. The highest BCUT2D eigenvalue weighted by Crippen LogP contribution is 2.35. The number of aliphatic hydroxyl groups excluding tert-OH is 1. The van der Waals surface area contributed by atoms with E-state index in [-0.39, 0.29) is 25.9 Å². The third kappa shape index (κ3) is 5.19. The fraction of sp³-hybridized carbons (Fsp3) is 0.238. The lowest BCUT2D eigenvalue weighted by atomic mass is 10.2. The molecule has 8 nitrogen and oxygen atoms in total. The molecule has 1 atom stereocenters. The number of thiazole rings is 1. The molecule has 0 saturated carbocycles. The number of benzene rings is 2. The Morgan fingerprint density at radius 3 is 2.90 bits per heavy atom. The maximum Gasteiger partial charge on any atom is 0.251 e. The Balaban J connectivity index is 1.23. The van der Waals surface area contributed by atoms with Gasteiger partial charge in [0.2, 0.25) is 6.79 Å². The van der Waals surface area contributed by atoms with Crippen molar-refractivity contribution in [2.45, 2.75) is 12.7 Å². The molecule has 0 radical (unpaired) electrons. The first-order valence-electron chi connectivity index (χ1n) is 9.26. The molecular weight excluding hydrogens is 408 g/mol. The third-order valence-corrected chi connectivity index (χ3v) is 4.89. The SMILES string of the molecule is O=C(NCC(O)COc1ccc2c(c1)OCO2)c1cccc(OCc2cscn2)c1. The van der Waals surface area contributed by atoms with Crippen molar-refractivity contribution < 1.29 is 28.8 Å². The molecule has 30 heavy (non-hydrogen) atoms. The molecule has 1 amide bonds. The molecule has 0 aliphatic carbocycles. The number of hydrogen-bond donors (Lipinski definition) is 2. The Morgan fingerprint density at radius 1 is 1.17 bits per heavy atom. The van der Waals surface area contributed by atoms with Crippen molar-refractivity contribution in [1.82, 2.24) is 10.3 Å². The predicted octanol–water partition coefficient (Wildman–Crippen LogP) is 2.62. The van der Waals surface area contributed by atoms with E-state index in [0.29, 0.717) is 35.2 Å². The largest absolute Gasteiger partial charge is 0.491 e. The summed E-state index contributed by atoms with van der Waals surface area (Å²) in [6, 6.07) is 12.0. The van der Waals surface area contributed by atoms with Crippen molar-refractivity contribution in [3.05, 3.63) is 64.6 Å². The van der Waals surface area contributed by atoms with E-state index in [2.05, 4.69) is 10.3 Å². The number of nitrogens with zero attached hydrogens (tertiary/aromatic N) is 1. The van der Waals surface area contributed by atoms with Crippen molar-refractivity contribution >= 4 is 17.2 Å². The molecule has 0 fully saturated rings. The van der Waals surface area contributed by atoms with Crippen LogP contribution in [0.4, 0.5) is 0 Å². The molecule has 3 aromatic rings. The fourth-order valence-electron chi connectivity index (χ4n) is 2.72. The van der Waals surface area contributed by atoms with E-state index in [0.717, 1.165) is 5.69 Å². The number of fused-ring (bicyclic) bond motifs is 1. The second-order valence-electron chi connectivity index (χ2n) is 6.49. The van der Waals surface area contributed by atoms with Gasteiger partial charge in [-0.15, -0.1) is 11.3 Å². The van der Waals surface area contributed by atoms with Gasteiger partial charge < -0.3 is 29.4 Å². The first-order chi connectivity index (χ1) is 14.7. The van der Waals surface area contributed by atoms with Crippen LogP contribution < -0.4 is 24.3 Å². The number of ether oxygens (including phenoxy) is 4. The lowest BCUT2D eigenvalue weighted by Crippen LogP contribution is -2.35. The van der Waals surface area contributed by atoms with Gasteiger partial charge in [-0.25, -0.2) is 4.98 Å². The van der Waals surface area contributed by atoms with Gasteiger partial charge in [0.1, 0.15) is 30.8 Å². The molecule has 9 heteroatoms. The number of rotatable bonds is 9. The van der Waals surface area contributed by atoms with Gasteiger partial charge in [-0.2, -0.15) is 0 Å². The molecule has 1 unspecified atom stereocenters. The van der Waals surface area contributed by atoms with Gasteiger partial charge in [-0.05, 0) is 30.3 Å². The maximum absolute atomic E-state index is 12.4. The number of carbonyl (C=O) groups is 1. The van der Waals surface area contributed by atoms with Crippen LogP contribution in [0.15, 0.2) is 53.4 Å². The normalized spacial score (nSPS) is 13.0. The van der Waals surface area contributed by atoms with E-state index in [1.165, 1.54) is 11.3 Å². The Hall–Kier alpha value is -3.30. The molecule has 2 N–H and O–H groups in total. The molecule has 1 aliphatic heterocycles. The second-order valence-corrected chi connectivity index (χ2v) is 7.20. The highest BCUT2D eigenvalue weighted by Gasteiger charge is 2.15. The highest BCUT2D eigenvalue weighted by atomic mass is 32.1. The standard InChI is InChI=1S/C21H20N2O6S/c24-16(10-27-18-4-5-19-20(7-18)29-13-28-19)8-22-21(25)14-2-1-3-17(6-14)26-9-15-11-30-12-23-15/h1-7,11-12,16,24H,8-10,13H2,(H,22,25). The zero-order valence-corrected chi connectivity index (χ0v) is 16.8. The topological polar surface area (TPSA) is 99.1 Å². The highest BCUT2D eigenvalue weighted by molar-refractivity contribution is 7.07. The summed E-state index contributed by atoms with van der Waals surface area (Å²) < 4.78 is 21.7. The van der Waals surface area contributed by atoms with E-state index in [4.69, 9.17) is 18.9 Å². The first kappa shape index (κ1) is 20.0. The van der Waals surface area contributed by atoms with Gasteiger partial charge in [-0.3, -0.25) is 4.79 Å². The van der Waals surface area contributed by atoms with E-state index < -0.39 is 6.10 Å². The summed E-state index contributed by atoms with van der Waals surface area (Å²) in [6.07, 6.45) is -0.872. The smallest absolute Gasteiger partial charge is 0.251 e. The average Bonchev–Trinajstić information content (AvgIpc) is 3.46. The first-order valence-corrected chi connectivity index (χ1v) is 10.2. The summed E-state index contributed by atoms with van der Waals surface area (Å²) in [6.45, 7) is 0.596. The quantitative estimate of drug-likeness (QED) is 0.541. The van der Waals surface area contributed by atoms with Crippen molar-refractivity contribution in [2.24, 2.45) is 0 Å². The summed E-state index contributed by atoms with van der Waals surface area (Å²) in [5.74, 6) is 2.08. The molecule has 4 rings (SSSR count). The van der Waals surface area contributed by atoms with Gasteiger partial charge in [0.05, 0.1) is 11.2 Å². The molecule has 0 spiro atoms. The summed E-state index contributed by atoms with van der Waals surface area (Å²) in [7, 11) is 0. The molecule has 1 aliphatic rings. The van der Waals surface area contributed by atoms with Crippen LogP contribution in [0.2, 0.25) is 0 Å². The van der Waals surface area contributed by atoms with E-state index in [9.17, 15) is 9.90 Å². The Bertz CT molecular complexity index is 995. The van der Waals surface area contributed by atoms with E-state index >= 15 is 0 Å². The van der Waals surface area contributed by atoms with Crippen molar-refractivity contribution in [3.63, 3.8) is 0 Å². The summed E-state index contributed by atoms with van der Waals surface area (Å²) in [4.78, 5) is 16.5. The molecule has 2 aromatic carbocycles. The van der Waals surface area contributed by atoms with Crippen LogP contribution in [0.1, 0.15) is 16.1 Å². The lowest BCUT2D eigenvalue weighted by molar-refractivity contribution is 0.0843. The van der Waals surface area contributed by atoms with Crippen LogP contribution >= 0.6 is 11.3 Å². The number of carbonyl (C=O) groups excluding carboxylic acids is 1. The average molecular weight is 428 g/mol. The number of aromatic nitrogens is 1. The number of amides is 1. The van der Waals surface area contributed by atoms with Crippen molar-refractivity contribution in [2.75, 3.05) is 19.9 Å². The van der Waals surface area contributed by atoms with Crippen LogP contribution in [-0.4, -0.2) is 42.0 Å². The maximum atomic E-state index is 12.4. The van der Waals surface area contributed by atoms with Gasteiger partial charge in [-0.1, -0.05) is 6.07 Å². The molecular formula is C21H20N2O6S. The lowest BCUT2D eigenvalue weighted by Gasteiger charge is -2.14. The molecule has 2 heterocycles. The minimum absolute atomic E-state index is 0.0245. The Morgan fingerprint density at radius 2 is 2.03 bits per heavy atom. The van der Waals surface area contributed by atoms with Gasteiger partial charge >= 0.3 is 0 Å². The fourth-order valence-corrected chi connectivity index (χ4v) is 3.27. The minimum Gasteiger partial charge on any atom is -0.491 e. The van der Waals surface area contributed by atoms with Crippen LogP contribution in [-0.2, 0) is 6.61 Å². The Kier molecular flexibility index (Phi) is 6.31. The second kappa shape index (κ2) is 9.47. The molecule has 0 bridgehead atoms. The van der Waals surface area contributed by atoms with Crippen LogP contribution in [0.3, 0.4) is 0 Å². The van der Waals surface area contributed by atoms with Crippen molar-refractivity contribution in [3.8, 4) is 23.0 Å². The monoisotopic (exact) mass is 428 g/mol. The van der Waals surface area contributed by atoms with Crippen LogP contribution in [0.25, 0.3) is 0 Å². The van der Waals surface area contributed by atoms with Gasteiger partial charge in [0.15, 0.2) is 11.5 Å². The predicted molar refractivity (Wildman–Crippen MR) is 109 cm³/mol. The minimum atomic E-state index is -0.872. The van der Waals surface area contributed by atoms with Crippen molar-refractivity contribution in [1.29, 1.82) is 0 Å². The zero-order chi connectivity index (χ0) is 20.8. The summed E-state index contributed by atoms with van der Waals surface area (Å²) >= 11 is 1.50. The number of nitrogens with one attached hydrogen (secondary N) is 1. The van der Waals surface area contributed by atoms with E-state index in [1.807, 2.05) is 5.38 Å². The summed E-state index contributed by atoms with van der Waals surface area (Å²) in [5.41, 5.74) is 3.01. The number of aliphatic hydroxyl groups is 1. The van der Waals surface area contributed by atoms with Crippen LogP contribution in [0.5, 0.6) is 23.0 Å². The van der Waals surface area contributed by atoms with Gasteiger partial charge in [0, 0.05) is 23.6 Å². The Labute approximate surface area is 177 Å². The van der Waals surface area contributed by atoms with Gasteiger partial charge in [0.25, 0.3) is 5.91 Å². The van der Waals surface area contributed by atoms with Crippen LogP contribution in [0, 0.1) is 0 Å². The third-order valence-electron chi connectivity index (χ3n) is 4.25. The molecule has 0 saturated heterocycles. The zero-order valence-electron chi connectivity index (χ0n) is 15.9. The molecule has 1 aromatic heterocycles.